The van der Waals surface area contributed by atoms with Crippen LogP contribution in [0.15, 0.2) is 0 Å². The van der Waals surface area contributed by atoms with Crippen molar-refractivity contribution in [1.29, 1.82) is 0 Å². The summed E-state index contributed by atoms with van der Waals surface area (Å²) in [5, 5.41) is 0. The van der Waals surface area contributed by atoms with Crippen LogP contribution in [0.2, 0.25) is 0 Å². The van der Waals surface area contributed by atoms with E-state index in [0.29, 0.717) is 0 Å². The fourth-order valence-corrected chi connectivity index (χ4v) is 1.79. The molecule has 2 heteroatoms. The molecule has 0 aromatic heterocycles. The van der Waals surface area contributed by atoms with Crippen LogP contribution >= 0.6 is 12.6 Å². The molecular formula is C12H25NaS. The number of hydrogen-bond acceptors (Lipinski definition) is 0. The van der Waals surface area contributed by atoms with Crippen LogP contribution in [-0.2, 0) is 0 Å². The van der Waals surface area contributed by atoms with Crippen molar-refractivity contribution in [3.05, 3.63) is 0 Å². The van der Waals surface area contributed by atoms with E-state index >= 15 is 0 Å². The molecule has 80 valence electrons. The van der Waals surface area contributed by atoms with E-state index in [1.165, 1.54) is 64.2 Å². The standard InChI is InChI=1S/C12H25S.Na/c1-2-3-4-5-6-7-8-9-10-11-12-13;/h2-12H2,1H3;. The summed E-state index contributed by atoms with van der Waals surface area (Å²) in [6, 6.07) is 0. The Morgan fingerprint density at radius 3 is 1.36 bits per heavy atom. The summed E-state index contributed by atoms with van der Waals surface area (Å²) in [6.07, 6.45) is 14.0. The van der Waals surface area contributed by atoms with E-state index in [0.717, 1.165) is 5.75 Å². The maximum atomic E-state index is 4.90. The molecule has 2 radical (unpaired) electrons. The van der Waals surface area contributed by atoms with Gasteiger partial charge in [0.05, 0.1) is 0 Å². The van der Waals surface area contributed by atoms with Gasteiger partial charge in [-0.25, -0.2) is 0 Å². The van der Waals surface area contributed by atoms with Crippen molar-refractivity contribution in [2.45, 2.75) is 71.1 Å². The maximum absolute atomic E-state index is 4.90. The van der Waals surface area contributed by atoms with E-state index in [-0.39, 0.29) is 29.6 Å². The quantitative estimate of drug-likeness (QED) is 0.372. The molecule has 0 aromatic carbocycles. The molecule has 0 aliphatic rings. The molecule has 0 fully saturated rings. The van der Waals surface area contributed by atoms with Crippen molar-refractivity contribution < 1.29 is 0 Å². The van der Waals surface area contributed by atoms with Gasteiger partial charge in [0.25, 0.3) is 0 Å². The Hall–Kier alpha value is 1.35. The van der Waals surface area contributed by atoms with Gasteiger partial charge in [0.2, 0.25) is 0 Å². The molecule has 0 saturated heterocycles. The molecule has 0 saturated carbocycles. The molecule has 0 nitrogen and oxygen atoms in total. The normalized spacial score (nSPS) is 9.86. The van der Waals surface area contributed by atoms with E-state index in [1.54, 1.807) is 0 Å². The molecule has 0 unspecified atom stereocenters. The van der Waals surface area contributed by atoms with E-state index in [1.807, 2.05) is 0 Å². The van der Waals surface area contributed by atoms with Crippen LogP contribution in [0, 0.1) is 0 Å². The molecule has 0 N–H and O–H groups in total. The third kappa shape index (κ3) is 15.8. The van der Waals surface area contributed by atoms with Crippen LogP contribution in [0.1, 0.15) is 71.1 Å². The minimum atomic E-state index is 0. The molecule has 0 rings (SSSR count). The van der Waals surface area contributed by atoms with Gasteiger partial charge in [0, 0.05) is 35.3 Å². The fourth-order valence-electron chi connectivity index (χ4n) is 1.59. The fraction of sp³-hybridized carbons (Fsp3) is 1.00. The number of rotatable bonds is 10. The Kier molecular flexibility index (Phi) is 21.2. The zero-order valence-corrected chi connectivity index (χ0v) is 13.0. The first-order valence-electron chi connectivity index (χ1n) is 6.00. The summed E-state index contributed by atoms with van der Waals surface area (Å²) in [6.45, 7) is 2.27. The van der Waals surface area contributed by atoms with Gasteiger partial charge < -0.3 is 0 Å². The predicted molar refractivity (Wildman–Crippen MR) is 70.1 cm³/mol. The number of hydrogen-bond donors (Lipinski definition) is 0. The summed E-state index contributed by atoms with van der Waals surface area (Å²) in [4.78, 5) is 0. The summed E-state index contributed by atoms with van der Waals surface area (Å²) >= 11 is 4.90. The van der Waals surface area contributed by atoms with Crippen LogP contribution in [0.5, 0.6) is 0 Å². The Morgan fingerprint density at radius 2 is 1.00 bits per heavy atom. The van der Waals surface area contributed by atoms with Crippen molar-refractivity contribution in [1.82, 2.24) is 0 Å². The molecular weight excluding hydrogens is 199 g/mol. The number of unbranched alkanes of at least 4 members (excludes halogenated alkanes) is 9. The molecule has 0 aliphatic heterocycles. The van der Waals surface area contributed by atoms with Gasteiger partial charge in [0.15, 0.2) is 0 Å². The Bertz CT molecular complexity index is 76.4. The molecule has 0 atom stereocenters. The van der Waals surface area contributed by atoms with E-state index in [9.17, 15) is 0 Å². The Morgan fingerprint density at radius 1 is 0.643 bits per heavy atom. The summed E-state index contributed by atoms with van der Waals surface area (Å²) in [5.74, 6) is 0.955. The van der Waals surface area contributed by atoms with Crippen molar-refractivity contribution >= 4 is 42.2 Å². The second-order valence-corrected chi connectivity index (χ2v) is 4.29. The van der Waals surface area contributed by atoms with Crippen molar-refractivity contribution in [2.75, 3.05) is 5.75 Å². The van der Waals surface area contributed by atoms with Crippen molar-refractivity contribution in [2.24, 2.45) is 0 Å². The van der Waals surface area contributed by atoms with Crippen LogP contribution in [0.3, 0.4) is 0 Å². The largest absolute Gasteiger partial charge is 0.0942 e. The molecule has 0 aliphatic carbocycles. The maximum Gasteiger partial charge on any atom is 0.00369 e. The molecule has 0 aromatic rings. The second kappa shape index (κ2) is 16.8. The van der Waals surface area contributed by atoms with Gasteiger partial charge >= 0.3 is 0 Å². The first kappa shape index (κ1) is 17.7. The van der Waals surface area contributed by atoms with Gasteiger partial charge in [-0.05, 0) is 6.42 Å². The first-order valence-corrected chi connectivity index (χ1v) is 6.57. The van der Waals surface area contributed by atoms with E-state index in [2.05, 4.69) is 6.92 Å². The molecule has 0 spiro atoms. The second-order valence-electron chi connectivity index (χ2n) is 3.89. The average Bonchev–Trinajstić information content (AvgIpc) is 2.16. The molecule has 0 bridgehead atoms. The molecule has 0 amide bonds. The summed E-state index contributed by atoms with van der Waals surface area (Å²) in [5.41, 5.74) is 0. The average molecular weight is 224 g/mol. The molecule has 0 heterocycles. The Labute approximate surface area is 118 Å². The summed E-state index contributed by atoms with van der Waals surface area (Å²) in [7, 11) is 0. The van der Waals surface area contributed by atoms with Crippen molar-refractivity contribution in [3.63, 3.8) is 0 Å². The van der Waals surface area contributed by atoms with Crippen LogP contribution in [-0.4, -0.2) is 35.3 Å². The summed E-state index contributed by atoms with van der Waals surface area (Å²) < 4.78 is 0. The first-order chi connectivity index (χ1) is 6.41. The minimum Gasteiger partial charge on any atom is -0.0942 e. The van der Waals surface area contributed by atoms with E-state index < -0.39 is 0 Å². The minimum absolute atomic E-state index is 0. The monoisotopic (exact) mass is 224 g/mol. The Balaban J connectivity index is 0. The van der Waals surface area contributed by atoms with Gasteiger partial charge in [-0.3, -0.25) is 0 Å². The smallest absolute Gasteiger partial charge is 0.00369 e. The van der Waals surface area contributed by atoms with Gasteiger partial charge in [-0.15, -0.1) is 0 Å². The third-order valence-corrected chi connectivity index (χ3v) is 2.79. The SMILES string of the molecule is CCCCCCCCCCCC[S].[Na]. The third-order valence-electron chi connectivity index (χ3n) is 2.50. The van der Waals surface area contributed by atoms with Crippen LogP contribution in [0.25, 0.3) is 0 Å². The van der Waals surface area contributed by atoms with Gasteiger partial charge in [-0.1, -0.05) is 77.3 Å². The zero-order valence-electron chi connectivity index (χ0n) is 10.2. The van der Waals surface area contributed by atoms with Gasteiger partial charge in [0.1, 0.15) is 0 Å². The zero-order chi connectivity index (χ0) is 9.78. The van der Waals surface area contributed by atoms with Crippen LogP contribution in [0.4, 0.5) is 0 Å². The van der Waals surface area contributed by atoms with Gasteiger partial charge in [-0.2, -0.15) is 0 Å². The van der Waals surface area contributed by atoms with Crippen molar-refractivity contribution in [3.8, 4) is 0 Å². The van der Waals surface area contributed by atoms with Crippen LogP contribution < -0.4 is 0 Å². The van der Waals surface area contributed by atoms with E-state index in [4.69, 9.17) is 12.6 Å². The molecule has 14 heavy (non-hydrogen) atoms. The predicted octanol–water partition coefficient (Wildman–Crippen LogP) is 4.72. The topological polar surface area (TPSA) is 0 Å².